The van der Waals surface area contributed by atoms with Gasteiger partial charge in [0.25, 0.3) is 0 Å². The fourth-order valence-corrected chi connectivity index (χ4v) is 3.99. The number of carbonyl (C=O) groups is 2. The summed E-state index contributed by atoms with van der Waals surface area (Å²) in [4.78, 5) is 26.0. The Labute approximate surface area is 212 Å². The molecule has 1 N–H and O–H groups in total. The molecular weight excluding hydrogens is 475 g/mol. The minimum atomic E-state index is -1.47. The topological polar surface area (TPSA) is 107 Å². The summed E-state index contributed by atoms with van der Waals surface area (Å²) < 4.78 is 20.9. The number of nitrogens with zero attached hydrogens (tertiary/aromatic N) is 4. The van der Waals surface area contributed by atoms with E-state index < -0.39 is 23.8 Å². The molecule has 1 saturated carbocycles. The second kappa shape index (κ2) is 10.4. The largest absolute Gasteiger partial charge is 0.482 e. The van der Waals surface area contributed by atoms with Crippen LogP contribution < -0.4 is 4.74 Å². The number of halogens is 1. The molecule has 0 aliphatic heterocycles. The van der Waals surface area contributed by atoms with Crippen molar-refractivity contribution in [2.75, 3.05) is 0 Å². The lowest BCUT2D eigenvalue weighted by Crippen LogP contribution is -2.14. The SMILES string of the molecule is CCC(Oc1ccc(C(=O)C2CC2)cc1)c1nnn(-c2ccc(C(=O)C(O)c3ccccc3)c(F)c2)n1. The highest BCUT2D eigenvalue weighted by atomic mass is 19.1. The van der Waals surface area contributed by atoms with E-state index in [0.29, 0.717) is 29.1 Å². The molecule has 0 radical (unpaired) electrons. The molecule has 0 spiro atoms. The van der Waals surface area contributed by atoms with Gasteiger partial charge in [-0.3, -0.25) is 9.59 Å². The van der Waals surface area contributed by atoms with Crippen LogP contribution in [0.4, 0.5) is 4.39 Å². The maximum Gasteiger partial charge on any atom is 0.215 e. The van der Waals surface area contributed by atoms with Gasteiger partial charge in [0, 0.05) is 17.5 Å². The van der Waals surface area contributed by atoms with Crippen LogP contribution >= 0.6 is 0 Å². The number of rotatable bonds is 10. The molecule has 0 saturated heterocycles. The van der Waals surface area contributed by atoms with Crippen LogP contribution in [0.1, 0.15) is 70.5 Å². The van der Waals surface area contributed by atoms with Crippen LogP contribution in [0.3, 0.4) is 0 Å². The first-order chi connectivity index (χ1) is 17.9. The zero-order chi connectivity index (χ0) is 25.9. The summed E-state index contributed by atoms with van der Waals surface area (Å²) in [6, 6.07) is 19.3. The van der Waals surface area contributed by atoms with Gasteiger partial charge in [-0.15, -0.1) is 15.0 Å². The Morgan fingerprint density at radius 2 is 1.81 bits per heavy atom. The van der Waals surface area contributed by atoms with Crippen molar-refractivity contribution in [1.82, 2.24) is 20.2 Å². The molecule has 2 atom stereocenters. The van der Waals surface area contributed by atoms with Gasteiger partial charge in [-0.05, 0) is 66.4 Å². The molecule has 1 heterocycles. The molecule has 0 amide bonds. The first-order valence-electron chi connectivity index (χ1n) is 12.1. The average molecular weight is 501 g/mol. The van der Waals surface area contributed by atoms with E-state index in [2.05, 4.69) is 15.4 Å². The number of ketones is 2. The maximum absolute atomic E-state index is 14.9. The molecule has 2 unspecified atom stereocenters. The van der Waals surface area contributed by atoms with E-state index >= 15 is 0 Å². The Morgan fingerprint density at radius 3 is 2.46 bits per heavy atom. The first kappa shape index (κ1) is 24.5. The van der Waals surface area contributed by atoms with Crippen molar-refractivity contribution in [2.24, 2.45) is 5.92 Å². The molecule has 1 aliphatic carbocycles. The highest BCUT2D eigenvalue weighted by Crippen LogP contribution is 2.33. The lowest BCUT2D eigenvalue weighted by Gasteiger charge is -2.14. The number of benzene rings is 3. The van der Waals surface area contributed by atoms with E-state index in [1.165, 1.54) is 12.1 Å². The van der Waals surface area contributed by atoms with Crippen LogP contribution in [0, 0.1) is 11.7 Å². The Morgan fingerprint density at radius 1 is 1.08 bits per heavy atom. The van der Waals surface area contributed by atoms with Crippen LogP contribution in [0.15, 0.2) is 72.8 Å². The van der Waals surface area contributed by atoms with Crippen molar-refractivity contribution in [1.29, 1.82) is 0 Å². The molecule has 9 heteroatoms. The summed E-state index contributed by atoms with van der Waals surface area (Å²) in [7, 11) is 0. The number of ether oxygens (including phenoxy) is 1. The third-order valence-corrected chi connectivity index (χ3v) is 6.27. The van der Waals surface area contributed by atoms with Gasteiger partial charge < -0.3 is 9.84 Å². The Balaban J connectivity index is 1.29. The first-order valence-corrected chi connectivity index (χ1v) is 12.1. The van der Waals surface area contributed by atoms with Gasteiger partial charge in [-0.1, -0.05) is 37.3 Å². The van der Waals surface area contributed by atoms with E-state index in [1.807, 2.05) is 6.92 Å². The third-order valence-electron chi connectivity index (χ3n) is 6.27. The number of tetrazole rings is 1. The summed E-state index contributed by atoms with van der Waals surface area (Å²) in [6.45, 7) is 1.91. The lowest BCUT2D eigenvalue weighted by atomic mass is 9.99. The predicted octanol–water partition coefficient (Wildman–Crippen LogP) is 4.84. The summed E-state index contributed by atoms with van der Waals surface area (Å²) >= 11 is 0. The van der Waals surface area contributed by atoms with Crippen molar-refractivity contribution >= 4 is 11.6 Å². The van der Waals surface area contributed by atoms with Crippen molar-refractivity contribution < 1.29 is 23.8 Å². The summed E-state index contributed by atoms with van der Waals surface area (Å²) in [5.41, 5.74) is 1.08. The Bertz CT molecular complexity index is 1420. The number of aliphatic hydroxyl groups is 1. The molecule has 1 aromatic heterocycles. The highest BCUT2D eigenvalue weighted by Gasteiger charge is 2.30. The van der Waals surface area contributed by atoms with E-state index in [4.69, 9.17) is 4.74 Å². The standard InChI is InChI=1S/C28H25FN4O4/c1-2-24(37-21-13-10-19(11-14-21)25(34)18-8-9-18)28-30-32-33(31-28)20-12-15-22(23(29)16-20)27(36)26(35)17-6-4-3-5-7-17/h3-7,10-16,18,24,26,35H,2,8-9H2,1H3. The number of Topliss-reactive ketones (excluding diaryl/α,β-unsaturated/α-hetero) is 2. The Hall–Kier alpha value is -4.24. The molecule has 1 aliphatic rings. The van der Waals surface area contributed by atoms with Crippen LogP contribution in [-0.4, -0.2) is 36.9 Å². The van der Waals surface area contributed by atoms with Gasteiger partial charge in [-0.2, -0.15) is 0 Å². The maximum atomic E-state index is 14.9. The highest BCUT2D eigenvalue weighted by molar-refractivity contribution is 6.00. The molecule has 1 fully saturated rings. The molecule has 0 bridgehead atoms. The molecular formula is C28H25FN4O4. The summed E-state index contributed by atoms with van der Waals surface area (Å²) in [5, 5.41) is 22.8. The van der Waals surface area contributed by atoms with Crippen LogP contribution in [0.25, 0.3) is 5.69 Å². The number of hydrogen-bond donors (Lipinski definition) is 1. The van der Waals surface area contributed by atoms with Crippen molar-refractivity contribution in [3.63, 3.8) is 0 Å². The van der Waals surface area contributed by atoms with Gasteiger partial charge in [0.2, 0.25) is 5.82 Å². The number of aromatic nitrogens is 4. The Kier molecular flexibility index (Phi) is 6.87. The van der Waals surface area contributed by atoms with Crippen LogP contribution in [0.2, 0.25) is 0 Å². The molecule has 4 aromatic rings. The fraction of sp³-hybridized carbons (Fsp3) is 0.250. The van der Waals surface area contributed by atoms with E-state index in [0.717, 1.165) is 23.7 Å². The van der Waals surface area contributed by atoms with Gasteiger partial charge in [-0.25, -0.2) is 4.39 Å². The number of aliphatic hydroxyl groups excluding tert-OH is 1. The molecule has 8 nitrogen and oxygen atoms in total. The quantitative estimate of drug-likeness (QED) is 0.311. The van der Waals surface area contributed by atoms with E-state index in [-0.39, 0.29) is 23.0 Å². The zero-order valence-electron chi connectivity index (χ0n) is 20.1. The smallest absolute Gasteiger partial charge is 0.215 e. The number of hydrogen-bond acceptors (Lipinski definition) is 7. The average Bonchev–Trinajstić information content (AvgIpc) is 3.67. The normalized spacial score (nSPS) is 14.7. The van der Waals surface area contributed by atoms with Gasteiger partial charge in [0.15, 0.2) is 17.7 Å². The van der Waals surface area contributed by atoms with Crippen molar-refractivity contribution in [3.05, 3.63) is 101 Å². The van der Waals surface area contributed by atoms with Gasteiger partial charge in [0.1, 0.15) is 17.7 Å². The molecule has 3 aromatic carbocycles. The predicted molar refractivity (Wildman–Crippen MR) is 132 cm³/mol. The summed E-state index contributed by atoms with van der Waals surface area (Å²) in [6.07, 6.45) is 0.476. The molecule has 37 heavy (non-hydrogen) atoms. The second-order valence-corrected chi connectivity index (χ2v) is 8.96. The van der Waals surface area contributed by atoms with Gasteiger partial charge >= 0.3 is 0 Å². The lowest BCUT2D eigenvalue weighted by molar-refractivity contribution is 0.0743. The summed E-state index contributed by atoms with van der Waals surface area (Å²) in [5.74, 6) is -0.354. The van der Waals surface area contributed by atoms with Crippen molar-refractivity contribution in [3.8, 4) is 11.4 Å². The van der Waals surface area contributed by atoms with Crippen molar-refractivity contribution in [2.45, 2.75) is 38.4 Å². The minimum absolute atomic E-state index is 0.153. The van der Waals surface area contributed by atoms with Crippen LogP contribution in [-0.2, 0) is 0 Å². The van der Waals surface area contributed by atoms with Crippen LogP contribution in [0.5, 0.6) is 5.75 Å². The van der Waals surface area contributed by atoms with Gasteiger partial charge in [0.05, 0.1) is 11.3 Å². The second-order valence-electron chi connectivity index (χ2n) is 8.96. The molecule has 188 valence electrons. The zero-order valence-corrected chi connectivity index (χ0v) is 20.1. The molecule has 5 rings (SSSR count). The fourth-order valence-electron chi connectivity index (χ4n) is 3.99. The monoisotopic (exact) mass is 500 g/mol. The minimum Gasteiger partial charge on any atom is -0.482 e. The number of carbonyl (C=O) groups excluding carboxylic acids is 2. The van der Waals surface area contributed by atoms with E-state index in [1.54, 1.807) is 54.6 Å². The van der Waals surface area contributed by atoms with E-state index in [9.17, 15) is 19.1 Å². The third kappa shape index (κ3) is 5.31.